The van der Waals surface area contributed by atoms with Gasteiger partial charge in [-0.15, -0.1) is 0 Å². The summed E-state index contributed by atoms with van der Waals surface area (Å²) < 4.78 is 0. The van der Waals surface area contributed by atoms with Crippen LogP contribution in [-0.2, 0) is 13.0 Å². The van der Waals surface area contributed by atoms with E-state index in [0.29, 0.717) is 18.1 Å². The lowest BCUT2D eigenvalue weighted by molar-refractivity contribution is 0.102. The number of aromatic nitrogens is 2. The second-order valence-corrected chi connectivity index (χ2v) is 5.63. The van der Waals surface area contributed by atoms with E-state index in [1.54, 1.807) is 6.07 Å². The molecule has 0 aliphatic rings. The van der Waals surface area contributed by atoms with Gasteiger partial charge in [-0.25, -0.2) is 9.97 Å². The Kier molecular flexibility index (Phi) is 5.36. The summed E-state index contributed by atoms with van der Waals surface area (Å²) in [7, 11) is 0. The molecule has 1 heterocycles. The Morgan fingerprint density at radius 2 is 1.72 bits per heavy atom. The lowest BCUT2D eigenvalue weighted by Crippen LogP contribution is -2.14. The number of hydrogen-bond donors (Lipinski definition) is 2. The van der Waals surface area contributed by atoms with Crippen molar-refractivity contribution in [2.24, 2.45) is 0 Å². The van der Waals surface area contributed by atoms with Crippen LogP contribution in [0.25, 0.3) is 0 Å². The number of benzene rings is 2. The van der Waals surface area contributed by atoms with E-state index in [0.717, 1.165) is 17.7 Å². The van der Waals surface area contributed by atoms with Crippen LogP contribution in [0.15, 0.2) is 67.0 Å². The van der Waals surface area contributed by atoms with Crippen molar-refractivity contribution < 1.29 is 4.79 Å². The molecule has 126 valence electrons. The minimum absolute atomic E-state index is 0.255. The van der Waals surface area contributed by atoms with Gasteiger partial charge in [-0.2, -0.15) is 0 Å². The Morgan fingerprint density at radius 3 is 2.44 bits per heavy atom. The van der Waals surface area contributed by atoms with Crippen molar-refractivity contribution in [3.8, 4) is 0 Å². The fourth-order valence-electron chi connectivity index (χ4n) is 2.39. The van der Waals surface area contributed by atoms with Crippen molar-refractivity contribution in [1.82, 2.24) is 9.97 Å². The number of nitrogens with zero attached hydrogens (tertiary/aromatic N) is 2. The number of carbonyl (C=O) groups is 1. The average Bonchev–Trinajstić information content (AvgIpc) is 2.68. The summed E-state index contributed by atoms with van der Waals surface area (Å²) in [6.07, 6.45) is 2.36. The van der Waals surface area contributed by atoms with Crippen LogP contribution in [0.3, 0.4) is 0 Å². The molecule has 0 aliphatic heterocycles. The van der Waals surface area contributed by atoms with Crippen LogP contribution in [0.5, 0.6) is 0 Å². The molecule has 3 aromatic rings. The van der Waals surface area contributed by atoms with Crippen LogP contribution >= 0.6 is 0 Å². The minimum Gasteiger partial charge on any atom is -0.366 e. The standard InChI is InChI=1S/C20H20N4O/c1-2-15-8-10-17(11-9-15)24-20(25)18-12-19(23-14-22-18)21-13-16-6-4-3-5-7-16/h3-12,14H,2,13H2,1H3,(H,24,25)(H,21,22,23). The van der Waals surface area contributed by atoms with Crippen molar-refractivity contribution in [2.45, 2.75) is 19.9 Å². The Bertz CT molecular complexity index is 832. The molecule has 0 spiro atoms. The molecule has 25 heavy (non-hydrogen) atoms. The Morgan fingerprint density at radius 1 is 0.960 bits per heavy atom. The number of aryl methyl sites for hydroxylation is 1. The number of carbonyl (C=O) groups excluding carboxylic acids is 1. The molecule has 2 aromatic carbocycles. The van der Waals surface area contributed by atoms with E-state index >= 15 is 0 Å². The highest BCUT2D eigenvalue weighted by atomic mass is 16.1. The van der Waals surface area contributed by atoms with Gasteiger partial charge in [-0.05, 0) is 29.7 Å². The zero-order chi connectivity index (χ0) is 17.5. The molecule has 0 unspecified atom stereocenters. The fraction of sp³-hybridized carbons (Fsp3) is 0.150. The molecule has 0 fully saturated rings. The van der Waals surface area contributed by atoms with Gasteiger partial charge in [0.25, 0.3) is 5.91 Å². The molecule has 3 rings (SSSR count). The van der Waals surface area contributed by atoms with Crippen molar-refractivity contribution in [2.75, 3.05) is 10.6 Å². The topological polar surface area (TPSA) is 66.9 Å². The lowest BCUT2D eigenvalue weighted by Gasteiger charge is -2.08. The third-order valence-corrected chi connectivity index (χ3v) is 3.84. The van der Waals surface area contributed by atoms with E-state index in [-0.39, 0.29) is 5.91 Å². The van der Waals surface area contributed by atoms with Gasteiger partial charge in [0.05, 0.1) is 0 Å². The highest BCUT2D eigenvalue weighted by Gasteiger charge is 2.09. The van der Waals surface area contributed by atoms with E-state index in [4.69, 9.17) is 0 Å². The second-order valence-electron chi connectivity index (χ2n) is 5.63. The van der Waals surface area contributed by atoms with E-state index in [1.165, 1.54) is 11.9 Å². The zero-order valence-corrected chi connectivity index (χ0v) is 14.1. The van der Waals surface area contributed by atoms with Gasteiger partial charge in [0.15, 0.2) is 0 Å². The van der Waals surface area contributed by atoms with Crippen molar-refractivity contribution >= 4 is 17.4 Å². The van der Waals surface area contributed by atoms with Crippen LogP contribution in [0, 0.1) is 0 Å². The van der Waals surface area contributed by atoms with Crippen molar-refractivity contribution in [3.63, 3.8) is 0 Å². The summed E-state index contributed by atoms with van der Waals surface area (Å²) in [5, 5.41) is 6.06. The van der Waals surface area contributed by atoms with E-state index in [1.807, 2.05) is 54.6 Å². The van der Waals surface area contributed by atoms with Crippen LogP contribution in [0.2, 0.25) is 0 Å². The highest BCUT2D eigenvalue weighted by Crippen LogP contribution is 2.12. The molecule has 2 N–H and O–H groups in total. The summed E-state index contributed by atoms with van der Waals surface area (Å²) in [4.78, 5) is 20.6. The van der Waals surface area contributed by atoms with Crippen molar-refractivity contribution in [1.29, 1.82) is 0 Å². The minimum atomic E-state index is -0.255. The molecule has 0 aliphatic carbocycles. The SMILES string of the molecule is CCc1ccc(NC(=O)c2cc(NCc3ccccc3)ncn2)cc1. The molecule has 0 saturated carbocycles. The van der Waals surface area contributed by atoms with Crippen molar-refractivity contribution in [3.05, 3.63) is 83.8 Å². The molecular formula is C20H20N4O. The average molecular weight is 332 g/mol. The summed E-state index contributed by atoms with van der Waals surface area (Å²) in [5.74, 6) is 0.361. The number of nitrogens with one attached hydrogen (secondary N) is 2. The molecule has 0 saturated heterocycles. The fourth-order valence-corrected chi connectivity index (χ4v) is 2.39. The van der Waals surface area contributed by atoms with E-state index in [2.05, 4.69) is 27.5 Å². The summed E-state index contributed by atoms with van der Waals surface area (Å²) in [5.41, 5.74) is 3.44. The van der Waals surface area contributed by atoms with E-state index < -0.39 is 0 Å². The Labute approximate surface area is 147 Å². The molecule has 1 amide bonds. The Balaban J connectivity index is 1.64. The predicted octanol–water partition coefficient (Wildman–Crippen LogP) is 3.90. The summed E-state index contributed by atoms with van der Waals surface area (Å²) in [6, 6.07) is 19.5. The van der Waals surface area contributed by atoms with Gasteiger partial charge >= 0.3 is 0 Å². The first-order valence-electron chi connectivity index (χ1n) is 8.24. The second kappa shape index (κ2) is 8.06. The monoisotopic (exact) mass is 332 g/mol. The zero-order valence-electron chi connectivity index (χ0n) is 14.1. The predicted molar refractivity (Wildman–Crippen MR) is 99.6 cm³/mol. The lowest BCUT2D eigenvalue weighted by atomic mass is 10.1. The molecule has 5 heteroatoms. The van der Waals surface area contributed by atoms with Gasteiger partial charge in [-0.1, -0.05) is 49.4 Å². The smallest absolute Gasteiger partial charge is 0.274 e. The molecule has 5 nitrogen and oxygen atoms in total. The van der Waals surface area contributed by atoms with Crippen LogP contribution in [-0.4, -0.2) is 15.9 Å². The normalized spacial score (nSPS) is 10.3. The number of hydrogen-bond acceptors (Lipinski definition) is 4. The van der Waals surface area contributed by atoms with Crippen LogP contribution < -0.4 is 10.6 Å². The first-order chi connectivity index (χ1) is 12.2. The summed E-state index contributed by atoms with van der Waals surface area (Å²) >= 11 is 0. The highest BCUT2D eigenvalue weighted by molar-refractivity contribution is 6.03. The van der Waals surface area contributed by atoms with E-state index in [9.17, 15) is 4.79 Å². The van der Waals surface area contributed by atoms with Gasteiger partial charge in [0.1, 0.15) is 17.8 Å². The molecule has 0 atom stereocenters. The maximum Gasteiger partial charge on any atom is 0.274 e. The van der Waals surface area contributed by atoms with Gasteiger partial charge in [-0.3, -0.25) is 4.79 Å². The van der Waals surface area contributed by atoms with Crippen LogP contribution in [0.4, 0.5) is 11.5 Å². The summed E-state index contributed by atoms with van der Waals surface area (Å²) in [6.45, 7) is 2.73. The molecular weight excluding hydrogens is 312 g/mol. The molecule has 0 bridgehead atoms. The largest absolute Gasteiger partial charge is 0.366 e. The van der Waals surface area contributed by atoms with Gasteiger partial charge < -0.3 is 10.6 Å². The van der Waals surface area contributed by atoms with Gasteiger partial charge in [0, 0.05) is 18.3 Å². The number of rotatable bonds is 6. The first-order valence-corrected chi connectivity index (χ1v) is 8.24. The maximum absolute atomic E-state index is 12.4. The van der Waals surface area contributed by atoms with Gasteiger partial charge in [0.2, 0.25) is 0 Å². The molecule has 0 radical (unpaired) electrons. The molecule has 1 aromatic heterocycles. The third kappa shape index (κ3) is 4.64. The quantitative estimate of drug-likeness (QED) is 0.718. The number of anilines is 2. The first kappa shape index (κ1) is 16.6. The Hall–Kier alpha value is -3.21. The third-order valence-electron chi connectivity index (χ3n) is 3.84. The van der Waals surface area contributed by atoms with Crippen LogP contribution in [0.1, 0.15) is 28.5 Å². The maximum atomic E-state index is 12.4. The number of amides is 1.